The van der Waals surface area contributed by atoms with Crippen molar-refractivity contribution in [2.24, 2.45) is 0 Å². The number of rotatable bonds is 3. The van der Waals surface area contributed by atoms with Gasteiger partial charge in [0.15, 0.2) is 0 Å². The molecule has 1 rings (SSSR count). The Balaban J connectivity index is 0. The minimum atomic E-state index is -1.48. The fourth-order valence-corrected chi connectivity index (χ4v) is 1.04. The number of aromatic carboxylic acids is 1. The van der Waals surface area contributed by atoms with Gasteiger partial charge >= 0.3 is 103 Å². The second kappa shape index (κ2) is 9.13. The van der Waals surface area contributed by atoms with Crippen molar-refractivity contribution < 1.29 is 123 Å². The van der Waals surface area contributed by atoms with Crippen molar-refractivity contribution in [2.45, 2.75) is 13.0 Å². The Morgan fingerprint density at radius 3 is 2.18 bits per heavy atom. The second-order valence-electron chi connectivity index (χ2n) is 2.95. The van der Waals surface area contributed by atoms with Gasteiger partial charge in [0.2, 0.25) is 0 Å². The van der Waals surface area contributed by atoms with Crippen molar-refractivity contribution in [2.75, 3.05) is 0 Å². The van der Waals surface area contributed by atoms with E-state index in [0.29, 0.717) is 0 Å². The number of hydrogen-bond donors (Lipinski definition) is 0. The van der Waals surface area contributed by atoms with Crippen LogP contribution in [0.5, 0.6) is 0 Å². The molecule has 0 radical (unpaired) electrons. The van der Waals surface area contributed by atoms with Crippen LogP contribution in [0.4, 0.5) is 0 Å². The average molecular weight is 287 g/mol. The molecule has 0 aliphatic rings. The zero-order chi connectivity index (χ0) is 11.6. The molecule has 0 saturated carbocycles. The van der Waals surface area contributed by atoms with Crippen molar-refractivity contribution in [3.63, 3.8) is 0 Å². The maximum atomic E-state index is 11.2. The van der Waals surface area contributed by atoms with Crippen LogP contribution in [-0.4, -0.2) is 16.5 Å². The predicted octanol–water partition coefficient (Wildman–Crippen LogP) is -8.47. The van der Waals surface area contributed by atoms with Crippen LogP contribution in [0, 0.1) is 0 Å². The summed E-state index contributed by atoms with van der Waals surface area (Å²) in [6.07, 6.45) is 0.915. The third-order valence-corrected chi connectivity index (χ3v) is 1.93. The summed E-state index contributed by atoms with van der Waals surface area (Å²) in [5.74, 6) is -2.94. The number of nitrogens with zero attached hydrogens (tertiary/aromatic N) is 1. The van der Waals surface area contributed by atoms with Gasteiger partial charge < -0.3 is 24.4 Å². The number of carbonyl (C=O) groups excluding carboxylic acids is 2. The summed E-state index contributed by atoms with van der Waals surface area (Å²) in [5.41, 5.74) is -0.876. The van der Waals surface area contributed by atoms with Crippen LogP contribution in [0.3, 0.4) is 0 Å². The molecule has 1 aromatic rings. The van der Waals surface area contributed by atoms with Gasteiger partial charge in [-0.1, -0.05) is 0 Å². The first-order valence-electron chi connectivity index (χ1n) is 4.08. The zero-order valence-electron chi connectivity index (χ0n) is 9.80. The van der Waals surface area contributed by atoms with Crippen LogP contribution in [0.1, 0.15) is 23.3 Å². The van der Waals surface area contributed by atoms with E-state index >= 15 is 0 Å². The standard InChI is InChI=1S/C9H9NO5.2K/c1-5(8(12)13)10-4-6(9(14)15)2-3-7(10)11;;/h2-5H,1H3,(H,12,13)(H,14,15);;/q;2*+1/p-2. The minimum Gasteiger partial charge on any atom is -0.548 e. The maximum Gasteiger partial charge on any atom is 1.00 e. The molecular weight excluding hydrogens is 280 g/mol. The maximum absolute atomic E-state index is 11.2. The fraction of sp³-hybridized carbons (Fsp3) is 0.222. The van der Waals surface area contributed by atoms with Gasteiger partial charge in [-0.05, 0) is 13.0 Å². The van der Waals surface area contributed by atoms with E-state index < -0.39 is 23.5 Å². The normalized spacial score (nSPS) is 10.6. The van der Waals surface area contributed by atoms with E-state index in [1.807, 2.05) is 0 Å². The summed E-state index contributed by atoms with van der Waals surface area (Å²) in [7, 11) is 0. The monoisotopic (exact) mass is 287 g/mol. The average Bonchev–Trinajstić information content (AvgIpc) is 2.16. The van der Waals surface area contributed by atoms with E-state index in [0.717, 1.165) is 22.9 Å². The Bertz CT molecular complexity index is 471. The van der Waals surface area contributed by atoms with Gasteiger partial charge in [0.1, 0.15) is 0 Å². The summed E-state index contributed by atoms with van der Waals surface area (Å²) in [6.45, 7) is 1.22. The Morgan fingerprint density at radius 1 is 1.24 bits per heavy atom. The van der Waals surface area contributed by atoms with E-state index in [2.05, 4.69) is 0 Å². The van der Waals surface area contributed by atoms with E-state index in [9.17, 15) is 24.6 Å². The first-order valence-corrected chi connectivity index (χ1v) is 4.08. The molecule has 0 saturated heterocycles. The zero-order valence-corrected chi connectivity index (χ0v) is 16.0. The number of aromatic nitrogens is 1. The fourth-order valence-electron chi connectivity index (χ4n) is 1.04. The SMILES string of the molecule is CC(C(=O)[O-])n1cc(C(=O)[O-])ccc1=O.[K+].[K+]. The number of hydrogen-bond acceptors (Lipinski definition) is 5. The number of pyridine rings is 1. The van der Waals surface area contributed by atoms with Gasteiger partial charge in [0, 0.05) is 17.8 Å². The van der Waals surface area contributed by atoms with Gasteiger partial charge in [-0.2, -0.15) is 0 Å². The molecule has 1 unspecified atom stereocenters. The quantitative estimate of drug-likeness (QED) is 0.514. The second-order valence-corrected chi connectivity index (χ2v) is 2.95. The molecule has 1 heterocycles. The molecule has 0 spiro atoms. The molecule has 8 heteroatoms. The largest absolute Gasteiger partial charge is 1.00 e. The summed E-state index contributed by atoms with van der Waals surface area (Å²) in [4.78, 5) is 32.2. The molecule has 0 fully saturated rings. The van der Waals surface area contributed by atoms with Crippen molar-refractivity contribution in [1.82, 2.24) is 4.57 Å². The molecule has 0 N–H and O–H groups in total. The predicted molar refractivity (Wildman–Crippen MR) is 44.8 cm³/mol. The van der Waals surface area contributed by atoms with Crippen LogP contribution in [-0.2, 0) is 4.79 Å². The smallest absolute Gasteiger partial charge is 0.548 e. The molecular formula is C9H7K2NO5. The van der Waals surface area contributed by atoms with E-state index in [1.54, 1.807) is 0 Å². The molecule has 1 aromatic heterocycles. The van der Waals surface area contributed by atoms with Crippen molar-refractivity contribution in [3.8, 4) is 0 Å². The summed E-state index contributed by atoms with van der Waals surface area (Å²) in [5, 5.41) is 21.0. The van der Waals surface area contributed by atoms with Crippen LogP contribution in [0.2, 0.25) is 0 Å². The topological polar surface area (TPSA) is 102 Å². The van der Waals surface area contributed by atoms with Gasteiger partial charge in [-0.25, -0.2) is 0 Å². The van der Waals surface area contributed by atoms with Crippen molar-refractivity contribution in [3.05, 3.63) is 34.2 Å². The van der Waals surface area contributed by atoms with Crippen molar-refractivity contribution in [1.29, 1.82) is 0 Å². The van der Waals surface area contributed by atoms with Gasteiger partial charge in [0.25, 0.3) is 5.56 Å². The van der Waals surface area contributed by atoms with Gasteiger partial charge in [-0.3, -0.25) is 4.79 Å². The molecule has 0 aliphatic heterocycles. The molecule has 80 valence electrons. The van der Waals surface area contributed by atoms with Crippen LogP contribution < -0.4 is 119 Å². The number of carbonyl (C=O) groups is 2. The Morgan fingerprint density at radius 2 is 1.76 bits per heavy atom. The molecule has 1 atom stereocenters. The molecule has 0 aliphatic carbocycles. The molecule has 17 heavy (non-hydrogen) atoms. The van der Waals surface area contributed by atoms with Crippen molar-refractivity contribution >= 4 is 11.9 Å². The van der Waals surface area contributed by atoms with E-state index in [-0.39, 0.29) is 108 Å². The molecule has 6 nitrogen and oxygen atoms in total. The summed E-state index contributed by atoms with van der Waals surface area (Å²) in [6, 6.07) is 0.789. The minimum absolute atomic E-state index is 0. The molecule has 0 aromatic carbocycles. The third-order valence-electron chi connectivity index (χ3n) is 1.93. The first-order chi connectivity index (χ1) is 6.93. The molecule has 0 bridgehead atoms. The van der Waals surface area contributed by atoms with Crippen LogP contribution >= 0.6 is 0 Å². The third kappa shape index (κ3) is 5.76. The van der Waals surface area contributed by atoms with E-state index in [1.165, 1.54) is 6.92 Å². The summed E-state index contributed by atoms with van der Waals surface area (Å²) >= 11 is 0. The molecule has 0 amide bonds. The Labute approximate surface area is 182 Å². The Kier molecular flexibility index (Phi) is 11.0. The first kappa shape index (κ1) is 20.5. The number of carboxylic acid groups (broad SMARTS) is 2. The number of aliphatic carboxylic acids is 1. The van der Waals surface area contributed by atoms with E-state index in [4.69, 9.17) is 0 Å². The van der Waals surface area contributed by atoms with Crippen LogP contribution in [0.15, 0.2) is 23.1 Å². The number of carboxylic acids is 2. The van der Waals surface area contributed by atoms with Gasteiger partial charge in [-0.15, -0.1) is 0 Å². The van der Waals surface area contributed by atoms with Crippen LogP contribution in [0.25, 0.3) is 0 Å². The summed E-state index contributed by atoms with van der Waals surface area (Å²) < 4.78 is 0.764. The Hall–Kier alpha value is 1.16. The van der Waals surface area contributed by atoms with Gasteiger partial charge in [0.05, 0.1) is 18.0 Å².